The highest BCUT2D eigenvalue weighted by Gasteiger charge is 2.50. The molecule has 6 aromatic rings. The normalized spacial score (nSPS) is 17.4. The highest BCUT2D eigenvalue weighted by molar-refractivity contribution is 6.09. The lowest BCUT2D eigenvalue weighted by atomic mass is 9.53. The summed E-state index contributed by atoms with van der Waals surface area (Å²) in [7, 11) is 0. The fourth-order valence-corrected chi connectivity index (χ4v) is 8.02. The number of hydrogen-bond acceptors (Lipinski definition) is 0. The number of nitrogens with zero attached hydrogens (tertiary/aromatic N) is 1. The third-order valence-electron chi connectivity index (χ3n) is 10.7. The van der Waals surface area contributed by atoms with E-state index in [0.29, 0.717) is 0 Å². The van der Waals surface area contributed by atoms with Gasteiger partial charge in [-0.3, -0.25) is 0 Å². The standard InChI is InChI=1S/C39H35N/c1-37(2)32-23-24(40-33-17-11-8-14-27(33)28-15-9-12-18-34(28)40)19-20-26(32)29-21-22-30-25-13-7-10-16-31(25)38(3,4)39(5,6)36(30)35(29)37/h7-23H,1-6H3. The Hall–Kier alpha value is -4.10. The number of para-hydroxylation sites is 2. The van der Waals surface area contributed by atoms with Crippen LogP contribution in [0.4, 0.5) is 0 Å². The zero-order valence-electron chi connectivity index (χ0n) is 24.3. The molecule has 0 saturated heterocycles. The van der Waals surface area contributed by atoms with Gasteiger partial charge in [-0.15, -0.1) is 0 Å². The number of hydrogen-bond donors (Lipinski definition) is 0. The van der Waals surface area contributed by atoms with Crippen LogP contribution in [0.3, 0.4) is 0 Å². The van der Waals surface area contributed by atoms with Gasteiger partial charge >= 0.3 is 0 Å². The van der Waals surface area contributed by atoms with Gasteiger partial charge in [0.05, 0.1) is 11.0 Å². The maximum atomic E-state index is 2.47. The summed E-state index contributed by atoms with van der Waals surface area (Å²) < 4.78 is 2.45. The molecule has 2 aliphatic rings. The minimum Gasteiger partial charge on any atom is -0.309 e. The minimum absolute atomic E-state index is 0.00467. The second-order valence-electron chi connectivity index (χ2n) is 13.4. The molecule has 2 aliphatic carbocycles. The predicted molar refractivity (Wildman–Crippen MR) is 170 cm³/mol. The molecular formula is C39H35N. The van der Waals surface area contributed by atoms with Crippen LogP contribution in [0.5, 0.6) is 0 Å². The molecule has 0 N–H and O–H groups in total. The molecule has 0 unspecified atom stereocenters. The second kappa shape index (κ2) is 7.55. The lowest BCUT2D eigenvalue weighted by Gasteiger charge is -2.50. The van der Waals surface area contributed by atoms with Gasteiger partial charge in [0.15, 0.2) is 0 Å². The van der Waals surface area contributed by atoms with E-state index >= 15 is 0 Å². The van der Waals surface area contributed by atoms with E-state index in [9.17, 15) is 0 Å². The fraction of sp³-hybridized carbons (Fsp3) is 0.231. The Balaban J connectivity index is 1.40. The van der Waals surface area contributed by atoms with Crippen molar-refractivity contribution < 1.29 is 0 Å². The van der Waals surface area contributed by atoms with E-state index in [1.54, 1.807) is 0 Å². The van der Waals surface area contributed by atoms with E-state index in [4.69, 9.17) is 0 Å². The zero-order valence-corrected chi connectivity index (χ0v) is 24.3. The van der Waals surface area contributed by atoms with Gasteiger partial charge in [0.2, 0.25) is 0 Å². The number of rotatable bonds is 1. The van der Waals surface area contributed by atoms with E-state index in [1.165, 1.54) is 72.0 Å². The number of aromatic nitrogens is 1. The lowest BCUT2D eigenvalue weighted by Crippen LogP contribution is -2.45. The van der Waals surface area contributed by atoms with Crippen molar-refractivity contribution in [1.29, 1.82) is 0 Å². The Labute approximate surface area is 237 Å². The molecule has 0 fully saturated rings. The molecule has 0 saturated carbocycles. The third-order valence-corrected chi connectivity index (χ3v) is 10.7. The summed E-state index contributed by atoms with van der Waals surface area (Å²) >= 11 is 0. The van der Waals surface area contributed by atoms with E-state index in [0.717, 1.165) is 0 Å². The second-order valence-corrected chi connectivity index (χ2v) is 13.4. The first-order valence-electron chi connectivity index (χ1n) is 14.6. The van der Waals surface area contributed by atoms with Crippen molar-refractivity contribution in [2.75, 3.05) is 0 Å². The first-order chi connectivity index (χ1) is 19.1. The summed E-state index contributed by atoms with van der Waals surface area (Å²) in [5, 5.41) is 2.61. The van der Waals surface area contributed by atoms with Crippen molar-refractivity contribution in [3.63, 3.8) is 0 Å². The van der Waals surface area contributed by atoms with Crippen molar-refractivity contribution in [3.8, 4) is 27.9 Å². The quantitative estimate of drug-likeness (QED) is 0.204. The molecule has 1 nitrogen and oxygen atoms in total. The van der Waals surface area contributed by atoms with Gasteiger partial charge < -0.3 is 4.57 Å². The van der Waals surface area contributed by atoms with Gasteiger partial charge in [-0.2, -0.15) is 0 Å². The molecule has 5 aromatic carbocycles. The van der Waals surface area contributed by atoms with Crippen molar-refractivity contribution in [2.24, 2.45) is 0 Å². The molecule has 1 aromatic heterocycles. The minimum atomic E-state index is -0.121. The molecule has 0 bridgehead atoms. The van der Waals surface area contributed by atoms with Gasteiger partial charge in [-0.1, -0.05) is 120 Å². The van der Waals surface area contributed by atoms with E-state index < -0.39 is 0 Å². The SMILES string of the molecule is CC1(C)c2cc(-n3c4ccccc4c4ccccc43)ccc2-c2ccc3c(c21)C(C)(C)C(C)(C)c1ccccc1-3. The van der Waals surface area contributed by atoms with Crippen molar-refractivity contribution >= 4 is 21.8 Å². The Morgan fingerprint density at radius 2 is 0.975 bits per heavy atom. The molecule has 0 spiro atoms. The van der Waals surface area contributed by atoms with Crippen LogP contribution in [0, 0.1) is 0 Å². The highest BCUT2D eigenvalue weighted by atomic mass is 15.0. The van der Waals surface area contributed by atoms with Gasteiger partial charge in [-0.25, -0.2) is 0 Å². The summed E-state index contributed by atoms with van der Waals surface area (Å²) in [4.78, 5) is 0. The van der Waals surface area contributed by atoms with Crippen LogP contribution in [0.15, 0.2) is 103 Å². The summed E-state index contributed by atoms with van der Waals surface area (Å²) in [5.74, 6) is 0. The van der Waals surface area contributed by atoms with Gasteiger partial charge in [0.25, 0.3) is 0 Å². The average molecular weight is 518 g/mol. The topological polar surface area (TPSA) is 4.93 Å². The van der Waals surface area contributed by atoms with Crippen molar-refractivity contribution in [2.45, 2.75) is 57.8 Å². The average Bonchev–Trinajstić information content (AvgIpc) is 3.41. The predicted octanol–water partition coefficient (Wildman–Crippen LogP) is 10.3. The summed E-state index contributed by atoms with van der Waals surface area (Å²) in [6.45, 7) is 14.7. The monoisotopic (exact) mass is 517 g/mol. The zero-order chi connectivity index (χ0) is 27.6. The van der Waals surface area contributed by atoms with Gasteiger partial charge in [0.1, 0.15) is 0 Å². The van der Waals surface area contributed by atoms with Crippen LogP contribution in [0.25, 0.3) is 49.7 Å². The first-order valence-corrected chi connectivity index (χ1v) is 14.6. The molecule has 1 heterocycles. The van der Waals surface area contributed by atoms with Crippen LogP contribution in [-0.4, -0.2) is 4.57 Å². The Kier molecular flexibility index (Phi) is 4.48. The molecule has 8 rings (SSSR count). The third kappa shape index (κ3) is 2.73. The van der Waals surface area contributed by atoms with Crippen LogP contribution >= 0.6 is 0 Å². The first kappa shape index (κ1) is 23.8. The molecule has 0 radical (unpaired) electrons. The molecule has 0 aliphatic heterocycles. The van der Waals surface area contributed by atoms with Gasteiger partial charge in [-0.05, 0) is 79.6 Å². The summed E-state index contributed by atoms with van der Waals surface area (Å²) in [5.41, 5.74) is 15.1. The number of fused-ring (bicyclic) bond motifs is 10. The molecule has 0 atom stereocenters. The van der Waals surface area contributed by atoms with E-state index in [2.05, 4.69) is 149 Å². The molecular weight excluding hydrogens is 482 g/mol. The van der Waals surface area contributed by atoms with Crippen LogP contribution in [0.2, 0.25) is 0 Å². The maximum Gasteiger partial charge on any atom is 0.0541 e. The number of benzene rings is 5. The smallest absolute Gasteiger partial charge is 0.0541 e. The summed E-state index contributed by atoms with van der Waals surface area (Å²) in [6.07, 6.45) is 0. The largest absolute Gasteiger partial charge is 0.309 e. The van der Waals surface area contributed by atoms with Gasteiger partial charge in [0, 0.05) is 21.9 Å². The Morgan fingerprint density at radius 3 is 1.65 bits per heavy atom. The van der Waals surface area contributed by atoms with Crippen molar-refractivity contribution in [3.05, 3.63) is 125 Å². The molecule has 196 valence electrons. The lowest BCUT2D eigenvalue weighted by molar-refractivity contribution is 0.295. The molecule has 0 amide bonds. The van der Waals surface area contributed by atoms with E-state index in [1.807, 2.05) is 0 Å². The molecule has 40 heavy (non-hydrogen) atoms. The Morgan fingerprint density at radius 1 is 0.450 bits per heavy atom. The summed E-state index contributed by atoms with van der Waals surface area (Å²) in [6, 6.07) is 38.6. The van der Waals surface area contributed by atoms with Crippen molar-refractivity contribution in [1.82, 2.24) is 4.57 Å². The van der Waals surface area contributed by atoms with Crippen LogP contribution < -0.4 is 0 Å². The Bertz CT molecular complexity index is 1970. The maximum absolute atomic E-state index is 2.47. The fourth-order valence-electron chi connectivity index (χ4n) is 8.02. The van der Waals surface area contributed by atoms with Crippen LogP contribution in [0.1, 0.15) is 63.8 Å². The van der Waals surface area contributed by atoms with Crippen LogP contribution in [-0.2, 0) is 16.2 Å². The highest BCUT2D eigenvalue weighted by Crippen LogP contribution is 2.61. The van der Waals surface area contributed by atoms with E-state index in [-0.39, 0.29) is 16.2 Å². The molecule has 1 heteroatoms.